The quantitative estimate of drug-likeness (QED) is 0.702. The second kappa shape index (κ2) is 9.35. The minimum atomic E-state index is -0.606. The maximum atomic E-state index is 12.8. The van der Waals surface area contributed by atoms with Gasteiger partial charge in [-0.1, -0.05) is 49.1 Å². The van der Waals surface area contributed by atoms with E-state index in [2.05, 4.69) is 20.6 Å². The zero-order valence-electron chi connectivity index (χ0n) is 15.8. The lowest BCUT2D eigenvalue weighted by atomic mass is 9.88. The van der Waals surface area contributed by atoms with Crippen molar-refractivity contribution in [1.82, 2.24) is 20.6 Å². The summed E-state index contributed by atoms with van der Waals surface area (Å²) in [6, 6.07) is 7.44. The van der Waals surface area contributed by atoms with Crippen molar-refractivity contribution in [2.75, 3.05) is 0 Å². The SMILES string of the molecule is Cc1ccc(CNC(=O)[C@H](Cc2cnc[nH]2)NC(=O)C2CCCCC2)cc1. The van der Waals surface area contributed by atoms with Crippen LogP contribution < -0.4 is 10.6 Å². The molecule has 144 valence electrons. The smallest absolute Gasteiger partial charge is 0.243 e. The Balaban J connectivity index is 1.61. The van der Waals surface area contributed by atoms with Gasteiger partial charge in [0, 0.05) is 30.8 Å². The zero-order valence-corrected chi connectivity index (χ0v) is 15.8. The van der Waals surface area contributed by atoms with Gasteiger partial charge < -0.3 is 15.6 Å². The third kappa shape index (κ3) is 5.67. The Morgan fingerprint density at radius 2 is 1.93 bits per heavy atom. The van der Waals surface area contributed by atoms with E-state index in [4.69, 9.17) is 0 Å². The number of rotatable bonds is 7. The van der Waals surface area contributed by atoms with E-state index in [0.717, 1.165) is 36.9 Å². The van der Waals surface area contributed by atoms with Gasteiger partial charge in [-0.15, -0.1) is 0 Å². The predicted molar refractivity (Wildman–Crippen MR) is 104 cm³/mol. The molecule has 1 aliphatic carbocycles. The first-order valence-electron chi connectivity index (χ1n) is 9.72. The molecule has 2 amide bonds. The number of carbonyl (C=O) groups is 2. The average molecular weight is 368 g/mol. The molecule has 0 radical (unpaired) electrons. The van der Waals surface area contributed by atoms with E-state index < -0.39 is 6.04 Å². The van der Waals surface area contributed by atoms with Crippen LogP contribution in [0.2, 0.25) is 0 Å². The van der Waals surface area contributed by atoms with E-state index in [0.29, 0.717) is 13.0 Å². The molecule has 3 rings (SSSR count). The molecule has 1 heterocycles. The van der Waals surface area contributed by atoms with Gasteiger partial charge in [-0.2, -0.15) is 0 Å². The van der Waals surface area contributed by atoms with E-state index in [9.17, 15) is 9.59 Å². The number of imidazole rings is 1. The van der Waals surface area contributed by atoms with Crippen LogP contribution in [-0.4, -0.2) is 27.8 Å². The number of benzene rings is 1. The van der Waals surface area contributed by atoms with Crippen molar-refractivity contribution in [3.63, 3.8) is 0 Å². The van der Waals surface area contributed by atoms with Crippen molar-refractivity contribution in [2.45, 2.75) is 58.0 Å². The summed E-state index contributed by atoms with van der Waals surface area (Å²) >= 11 is 0. The van der Waals surface area contributed by atoms with E-state index in [1.54, 1.807) is 12.5 Å². The number of aromatic nitrogens is 2. The summed E-state index contributed by atoms with van der Waals surface area (Å²) in [5.41, 5.74) is 3.05. The van der Waals surface area contributed by atoms with Crippen LogP contribution in [0.4, 0.5) is 0 Å². The Morgan fingerprint density at radius 3 is 2.59 bits per heavy atom. The minimum Gasteiger partial charge on any atom is -0.350 e. The fourth-order valence-corrected chi connectivity index (χ4v) is 3.50. The van der Waals surface area contributed by atoms with E-state index in [-0.39, 0.29) is 17.7 Å². The van der Waals surface area contributed by atoms with Crippen LogP contribution >= 0.6 is 0 Å². The normalized spacial score (nSPS) is 15.9. The second-order valence-electron chi connectivity index (χ2n) is 7.38. The highest BCUT2D eigenvalue weighted by molar-refractivity contribution is 5.88. The molecule has 6 heteroatoms. The number of aromatic amines is 1. The van der Waals surface area contributed by atoms with E-state index >= 15 is 0 Å². The molecule has 2 aromatic rings. The molecular formula is C21H28N4O2. The minimum absolute atomic E-state index is 0.00954. The van der Waals surface area contributed by atoms with Gasteiger partial charge in [0.15, 0.2) is 0 Å². The number of nitrogens with zero attached hydrogens (tertiary/aromatic N) is 1. The monoisotopic (exact) mass is 368 g/mol. The Bertz CT molecular complexity index is 734. The fraction of sp³-hybridized carbons (Fsp3) is 0.476. The lowest BCUT2D eigenvalue weighted by molar-refractivity contribution is -0.131. The van der Waals surface area contributed by atoms with Gasteiger partial charge in [0.2, 0.25) is 11.8 Å². The second-order valence-corrected chi connectivity index (χ2v) is 7.38. The van der Waals surface area contributed by atoms with Crippen molar-refractivity contribution in [3.8, 4) is 0 Å². The van der Waals surface area contributed by atoms with Crippen LogP contribution in [0.25, 0.3) is 0 Å². The van der Waals surface area contributed by atoms with Gasteiger partial charge in [0.25, 0.3) is 0 Å². The fourth-order valence-electron chi connectivity index (χ4n) is 3.50. The van der Waals surface area contributed by atoms with Gasteiger partial charge in [-0.3, -0.25) is 9.59 Å². The molecule has 3 N–H and O–H groups in total. The van der Waals surface area contributed by atoms with E-state index in [1.807, 2.05) is 31.2 Å². The van der Waals surface area contributed by atoms with Gasteiger partial charge >= 0.3 is 0 Å². The summed E-state index contributed by atoms with van der Waals surface area (Å²) in [5.74, 6) is -0.160. The maximum absolute atomic E-state index is 12.8. The van der Waals surface area contributed by atoms with Crippen LogP contribution in [0.3, 0.4) is 0 Å². The predicted octanol–water partition coefficient (Wildman–Crippen LogP) is 2.64. The Hall–Kier alpha value is -2.63. The Labute approximate surface area is 160 Å². The maximum Gasteiger partial charge on any atom is 0.243 e. The van der Waals surface area contributed by atoms with E-state index in [1.165, 1.54) is 12.0 Å². The Morgan fingerprint density at radius 1 is 1.19 bits per heavy atom. The highest BCUT2D eigenvalue weighted by Crippen LogP contribution is 2.23. The molecule has 1 aromatic heterocycles. The number of carbonyl (C=O) groups excluding carboxylic acids is 2. The molecule has 1 fully saturated rings. The molecule has 0 bridgehead atoms. The summed E-state index contributed by atoms with van der Waals surface area (Å²) in [6.07, 6.45) is 8.86. The molecule has 0 spiro atoms. The van der Waals surface area contributed by atoms with Crippen LogP contribution in [-0.2, 0) is 22.6 Å². The first-order valence-corrected chi connectivity index (χ1v) is 9.72. The molecule has 0 unspecified atom stereocenters. The van der Waals surface area contributed by atoms with Crippen molar-refractivity contribution in [3.05, 3.63) is 53.6 Å². The molecule has 27 heavy (non-hydrogen) atoms. The number of H-pyrrole nitrogens is 1. The van der Waals surface area contributed by atoms with Gasteiger partial charge in [0.05, 0.1) is 6.33 Å². The van der Waals surface area contributed by atoms with Crippen LogP contribution in [0.1, 0.15) is 48.9 Å². The Kier molecular flexibility index (Phi) is 6.63. The van der Waals surface area contributed by atoms with Crippen molar-refractivity contribution < 1.29 is 9.59 Å². The highest BCUT2D eigenvalue weighted by atomic mass is 16.2. The lowest BCUT2D eigenvalue weighted by Gasteiger charge is -2.24. The van der Waals surface area contributed by atoms with Gasteiger partial charge in [-0.05, 0) is 25.3 Å². The summed E-state index contributed by atoms with van der Waals surface area (Å²) in [5, 5.41) is 5.92. The summed E-state index contributed by atoms with van der Waals surface area (Å²) in [6.45, 7) is 2.47. The van der Waals surface area contributed by atoms with Crippen LogP contribution in [0.5, 0.6) is 0 Å². The number of nitrogens with one attached hydrogen (secondary N) is 3. The molecule has 1 aliphatic rings. The topological polar surface area (TPSA) is 86.9 Å². The van der Waals surface area contributed by atoms with Crippen molar-refractivity contribution in [1.29, 1.82) is 0 Å². The van der Waals surface area contributed by atoms with Gasteiger partial charge in [0.1, 0.15) is 6.04 Å². The van der Waals surface area contributed by atoms with Gasteiger partial charge in [-0.25, -0.2) is 4.98 Å². The molecule has 1 saturated carbocycles. The average Bonchev–Trinajstić information content (AvgIpc) is 3.20. The molecule has 0 saturated heterocycles. The van der Waals surface area contributed by atoms with Crippen LogP contribution in [0.15, 0.2) is 36.8 Å². The third-order valence-electron chi connectivity index (χ3n) is 5.18. The molecular weight excluding hydrogens is 340 g/mol. The van der Waals surface area contributed by atoms with Crippen molar-refractivity contribution in [2.24, 2.45) is 5.92 Å². The first kappa shape index (κ1) is 19.1. The van der Waals surface area contributed by atoms with Crippen LogP contribution in [0, 0.1) is 12.8 Å². The summed E-state index contributed by atoms with van der Waals surface area (Å²) in [7, 11) is 0. The highest BCUT2D eigenvalue weighted by Gasteiger charge is 2.27. The largest absolute Gasteiger partial charge is 0.350 e. The molecule has 1 aromatic carbocycles. The first-order chi connectivity index (χ1) is 13.1. The standard InChI is InChI=1S/C21H28N4O2/c1-15-7-9-16(10-8-15)12-23-21(27)19(11-18-13-22-14-24-18)25-20(26)17-5-3-2-4-6-17/h7-10,13-14,17,19H,2-6,11-12H2,1H3,(H,22,24)(H,23,27)(H,25,26)/t19-/m0/s1. The summed E-state index contributed by atoms with van der Waals surface area (Å²) in [4.78, 5) is 32.4. The molecule has 0 aliphatic heterocycles. The number of hydrogen-bond donors (Lipinski definition) is 3. The molecule has 6 nitrogen and oxygen atoms in total. The van der Waals surface area contributed by atoms with Crippen molar-refractivity contribution >= 4 is 11.8 Å². The third-order valence-corrected chi connectivity index (χ3v) is 5.18. The number of amides is 2. The summed E-state index contributed by atoms with van der Waals surface area (Å²) < 4.78 is 0. The lowest BCUT2D eigenvalue weighted by Crippen LogP contribution is -2.49. The zero-order chi connectivity index (χ0) is 19.1. The number of hydrogen-bond acceptors (Lipinski definition) is 3. The number of aryl methyl sites for hydroxylation is 1. The molecule has 1 atom stereocenters.